The molecule has 0 saturated carbocycles. The maximum absolute atomic E-state index is 13.1. The summed E-state index contributed by atoms with van der Waals surface area (Å²) in [6, 6.07) is 6.99. The quantitative estimate of drug-likeness (QED) is 0.674. The SMILES string of the molecule is Cc1cc(Br)c(O)c(C=Nc2cc(C(F)(F)F)ccc2N2CCOCC2)c1. The molecule has 1 aliphatic heterocycles. The van der Waals surface area contributed by atoms with Gasteiger partial charge in [0, 0.05) is 24.9 Å². The number of phenols is 1. The molecule has 1 N–H and O–H groups in total. The van der Waals surface area contributed by atoms with Gasteiger partial charge in [0.15, 0.2) is 0 Å². The number of aliphatic imine (C=N–C) groups is 1. The van der Waals surface area contributed by atoms with Crippen molar-refractivity contribution < 1.29 is 23.0 Å². The molecule has 0 atom stereocenters. The highest BCUT2D eigenvalue weighted by Gasteiger charge is 2.31. The van der Waals surface area contributed by atoms with Gasteiger partial charge < -0.3 is 14.7 Å². The lowest BCUT2D eigenvalue weighted by Gasteiger charge is -2.30. The Hall–Kier alpha value is -2.06. The first-order chi connectivity index (χ1) is 12.8. The Morgan fingerprint density at radius 1 is 1.19 bits per heavy atom. The van der Waals surface area contributed by atoms with Crippen molar-refractivity contribution in [2.45, 2.75) is 13.1 Å². The number of alkyl halides is 3. The molecular formula is C19H18BrF3N2O2. The lowest BCUT2D eigenvalue weighted by molar-refractivity contribution is -0.137. The molecule has 2 aromatic carbocycles. The van der Waals surface area contributed by atoms with Crippen molar-refractivity contribution in [1.29, 1.82) is 0 Å². The van der Waals surface area contributed by atoms with Crippen LogP contribution in [0.25, 0.3) is 0 Å². The Balaban J connectivity index is 2.03. The molecule has 144 valence electrons. The van der Waals surface area contributed by atoms with Crippen LogP contribution < -0.4 is 4.90 Å². The van der Waals surface area contributed by atoms with E-state index in [0.29, 0.717) is 42.0 Å². The van der Waals surface area contributed by atoms with E-state index in [1.54, 1.807) is 12.1 Å². The Bertz CT molecular complexity index is 863. The number of anilines is 1. The van der Waals surface area contributed by atoms with E-state index in [1.165, 1.54) is 12.3 Å². The first kappa shape index (κ1) is 19.7. The Labute approximate surface area is 163 Å². The third-order valence-electron chi connectivity index (χ3n) is 4.23. The second-order valence-electron chi connectivity index (χ2n) is 6.24. The van der Waals surface area contributed by atoms with E-state index in [4.69, 9.17) is 4.74 Å². The van der Waals surface area contributed by atoms with E-state index in [0.717, 1.165) is 17.7 Å². The molecule has 1 saturated heterocycles. The number of morpholine rings is 1. The zero-order valence-corrected chi connectivity index (χ0v) is 16.1. The van der Waals surface area contributed by atoms with Crippen molar-refractivity contribution in [3.63, 3.8) is 0 Å². The standard InChI is InChI=1S/C19H18BrF3N2O2/c1-12-8-13(18(26)15(20)9-12)11-24-16-10-14(19(21,22)23)2-3-17(16)25-4-6-27-7-5-25/h2-3,8-11,26H,4-7H2,1H3. The molecule has 0 unspecified atom stereocenters. The van der Waals surface area contributed by atoms with Crippen LogP contribution in [-0.2, 0) is 10.9 Å². The molecule has 0 spiro atoms. The van der Waals surface area contributed by atoms with Gasteiger partial charge in [-0.25, -0.2) is 0 Å². The smallest absolute Gasteiger partial charge is 0.416 e. The highest BCUT2D eigenvalue weighted by atomic mass is 79.9. The Morgan fingerprint density at radius 2 is 1.89 bits per heavy atom. The van der Waals surface area contributed by atoms with Gasteiger partial charge in [0.25, 0.3) is 0 Å². The first-order valence-corrected chi connectivity index (χ1v) is 9.12. The summed E-state index contributed by atoms with van der Waals surface area (Å²) in [6.45, 7) is 4.03. The molecule has 1 aliphatic rings. The molecule has 0 aromatic heterocycles. The summed E-state index contributed by atoms with van der Waals surface area (Å²) in [5.74, 6) is -0.00996. The predicted octanol–water partition coefficient (Wildman–Crippen LogP) is 5.07. The van der Waals surface area contributed by atoms with E-state index in [-0.39, 0.29) is 11.4 Å². The number of aryl methyl sites for hydroxylation is 1. The summed E-state index contributed by atoms with van der Waals surface area (Å²) in [5.41, 5.74) is 1.35. The van der Waals surface area contributed by atoms with Crippen molar-refractivity contribution in [2.24, 2.45) is 4.99 Å². The average Bonchev–Trinajstić information content (AvgIpc) is 2.63. The molecule has 0 bridgehead atoms. The fraction of sp³-hybridized carbons (Fsp3) is 0.316. The highest BCUT2D eigenvalue weighted by molar-refractivity contribution is 9.10. The highest BCUT2D eigenvalue weighted by Crippen LogP contribution is 2.37. The number of halogens is 4. The summed E-state index contributed by atoms with van der Waals surface area (Å²) in [6.07, 6.45) is -3.07. The zero-order valence-electron chi connectivity index (χ0n) is 14.6. The van der Waals surface area contributed by atoms with E-state index < -0.39 is 11.7 Å². The minimum absolute atomic E-state index is 0.00996. The molecule has 0 aliphatic carbocycles. The molecule has 2 aromatic rings. The fourth-order valence-electron chi connectivity index (χ4n) is 2.87. The summed E-state index contributed by atoms with van der Waals surface area (Å²) < 4.78 is 45.2. The summed E-state index contributed by atoms with van der Waals surface area (Å²) in [5, 5.41) is 10.2. The van der Waals surface area contributed by atoms with Crippen LogP contribution in [0.15, 0.2) is 39.8 Å². The van der Waals surface area contributed by atoms with Crippen molar-refractivity contribution >= 4 is 33.5 Å². The predicted molar refractivity (Wildman–Crippen MR) is 102 cm³/mol. The minimum Gasteiger partial charge on any atom is -0.506 e. The van der Waals surface area contributed by atoms with Crippen molar-refractivity contribution in [3.8, 4) is 5.75 Å². The molecule has 4 nitrogen and oxygen atoms in total. The molecule has 8 heteroatoms. The van der Waals surface area contributed by atoms with E-state index in [1.807, 2.05) is 11.8 Å². The fourth-order valence-corrected chi connectivity index (χ4v) is 3.46. The third-order valence-corrected chi connectivity index (χ3v) is 4.84. The van der Waals surface area contributed by atoms with Crippen LogP contribution in [-0.4, -0.2) is 37.6 Å². The van der Waals surface area contributed by atoms with Gasteiger partial charge in [0.2, 0.25) is 0 Å². The summed E-state index contributed by atoms with van der Waals surface area (Å²) in [7, 11) is 0. The lowest BCUT2D eigenvalue weighted by atomic mass is 10.1. The number of nitrogens with zero attached hydrogens (tertiary/aromatic N) is 2. The normalized spacial score (nSPS) is 15.5. The zero-order chi connectivity index (χ0) is 19.6. The molecule has 1 fully saturated rings. The van der Waals surface area contributed by atoms with E-state index in [2.05, 4.69) is 20.9 Å². The molecule has 1 heterocycles. The van der Waals surface area contributed by atoms with Crippen LogP contribution in [0.4, 0.5) is 24.5 Å². The van der Waals surface area contributed by atoms with Crippen molar-refractivity contribution in [2.75, 3.05) is 31.2 Å². The Kier molecular flexibility index (Phi) is 5.76. The van der Waals surface area contributed by atoms with Crippen LogP contribution in [0.5, 0.6) is 5.75 Å². The van der Waals surface area contributed by atoms with Gasteiger partial charge in [-0.2, -0.15) is 13.2 Å². The van der Waals surface area contributed by atoms with Gasteiger partial charge in [0.05, 0.1) is 34.6 Å². The van der Waals surface area contributed by atoms with Crippen LogP contribution in [0.2, 0.25) is 0 Å². The number of ether oxygens (including phenoxy) is 1. The van der Waals surface area contributed by atoms with Crippen molar-refractivity contribution in [1.82, 2.24) is 0 Å². The molecule has 0 radical (unpaired) electrons. The maximum atomic E-state index is 13.1. The number of rotatable bonds is 3. The van der Waals surface area contributed by atoms with Gasteiger partial charge in [-0.1, -0.05) is 0 Å². The monoisotopic (exact) mass is 442 g/mol. The van der Waals surface area contributed by atoms with Gasteiger partial charge in [-0.15, -0.1) is 0 Å². The average molecular weight is 443 g/mol. The topological polar surface area (TPSA) is 45.1 Å². The van der Waals surface area contributed by atoms with E-state index in [9.17, 15) is 18.3 Å². The molecular weight excluding hydrogens is 425 g/mol. The summed E-state index contributed by atoms with van der Waals surface area (Å²) >= 11 is 3.26. The van der Waals surface area contributed by atoms with Crippen LogP contribution in [0.3, 0.4) is 0 Å². The Morgan fingerprint density at radius 3 is 2.56 bits per heavy atom. The number of hydrogen-bond acceptors (Lipinski definition) is 4. The third kappa shape index (κ3) is 4.62. The van der Waals surface area contributed by atoms with Crippen molar-refractivity contribution in [3.05, 3.63) is 51.5 Å². The first-order valence-electron chi connectivity index (χ1n) is 8.33. The summed E-state index contributed by atoms with van der Waals surface area (Å²) in [4.78, 5) is 6.23. The molecule has 3 rings (SSSR count). The molecule has 0 amide bonds. The second-order valence-corrected chi connectivity index (χ2v) is 7.10. The van der Waals surface area contributed by atoms with E-state index >= 15 is 0 Å². The minimum atomic E-state index is -4.46. The van der Waals surface area contributed by atoms with Crippen LogP contribution in [0.1, 0.15) is 16.7 Å². The number of hydrogen-bond donors (Lipinski definition) is 1. The number of aromatic hydroxyl groups is 1. The maximum Gasteiger partial charge on any atom is 0.416 e. The van der Waals surface area contributed by atoms with Gasteiger partial charge >= 0.3 is 6.18 Å². The molecule has 27 heavy (non-hydrogen) atoms. The van der Waals surface area contributed by atoms with Crippen LogP contribution >= 0.6 is 15.9 Å². The van der Waals surface area contributed by atoms with Gasteiger partial charge in [0.1, 0.15) is 5.75 Å². The largest absolute Gasteiger partial charge is 0.506 e. The number of benzene rings is 2. The lowest BCUT2D eigenvalue weighted by Crippen LogP contribution is -2.36. The van der Waals surface area contributed by atoms with Gasteiger partial charge in [-0.3, -0.25) is 4.99 Å². The van der Waals surface area contributed by atoms with Gasteiger partial charge in [-0.05, 0) is 58.7 Å². The number of phenolic OH excluding ortho intramolecular Hbond substituents is 1. The van der Waals surface area contributed by atoms with Crippen LogP contribution in [0, 0.1) is 6.92 Å². The second kappa shape index (κ2) is 7.90.